The van der Waals surface area contributed by atoms with Crippen molar-refractivity contribution in [3.05, 3.63) is 29.3 Å². The van der Waals surface area contributed by atoms with Crippen LogP contribution in [0.3, 0.4) is 0 Å². The summed E-state index contributed by atoms with van der Waals surface area (Å²) >= 11 is 6.03. The quantitative estimate of drug-likeness (QED) is 0.815. The lowest BCUT2D eigenvalue weighted by atomic mass is 9.94. The molecular weight excluding hydrogens is 324 g/mol. The van der Waals surface area contributed by atoms with Gasteiger partial charge in [0.1, 0.15) is 5.75 Å². The van der Waals surface area contributed by atoms with Crippen molar-refractivity contribution in [1.82, 2.24) is 10.2 Å². The van der Waals surface area contributed by atoms with Gasteiger partial charge in [0.15, 0.2) is 6.61 Å². The van der Waals surface area contributed by atoms with Crippen LogP contribution in [-0.2, 0) is 4.79 Å². The fourth-order valence-electron chi connectivity index (χ4n) is 3.12. The summed E-state index contributed by atoms with van der Waals surface area (Å²) in [7, 11) is 0. The Labute approximate surface area is 150 Å². The third-order valence-electron chi connectivity index (χ3n) is 4.76. The van der Waals surface area contributed by atoms with E-state index >= 15 is 0 Å². The predicted octanol–water partition coefficient (Wildman–Crippen LogP) is 3.59. The van der Waals surface area contributed by atoms with Gasteiger partial charge >= 0.3 is 0 Å². The number of nitrogens with zero attached hydrogens (tertiary/aromatic N) is 1. The molecule has 1 unspecified atom stereocenters. The number of amides is 1. The molecule has 1 heterocycles. The van der Waals surface area contributed by atoms with E-state index in [0.717, 1.165) is 19.0 Å². The van der Waals surface area contributed by atoms with E-state index in [4.69, 9.17) is 16.3 Å². The van der Waals surface area contributed by atoms with Crippen LogP contribution in [0.25, 0.3) is 0 Å². The van der Waals surface area contributed by atoms with E-state index in [1.807, 2.05) is 12.1 Å². The first kappa shape index (κ1) is 19.1. The van der Waals surface area contributed by atoms with Gasteiger partial charge in [-0.25, -0.2) is 0 Å². The largest absolute Gasteiger partial charge is 0.482 e. The molecule has 1 fully saturated rings. The molecule has 1 saturated heterocycles. The van der Waals surface area contributed by atoms with Crippen LogP contribution in [0.5, 0.6) is 5.75 Å². The van der Waals surface area contributed by atoms with Crippen molar-refractivity contribution >= 4 is 17.5 Å². The van der Waals surface area contributed by atoms with Crippen LogP contribution in [0, 0.1) is 11.8 Å². The molecule has 0 aliphatic carbocycles. The Morgan fingerprint density at radius 3 is 2.62 bits per heavy atom. The van der Waals surface area contributed by atoms with Crippen LogP contribution in [0.2, 0.25) is 5.02 Å². The first-order valence-corrected chi connectivity index (χ1v) is 9.23. The Morgan fingerprint density at radius 2 is 2.00 bits per heavy atom. The zero-order valence-corrected chi connectivity index (χ0v) is 15.7. The van der Waals surface area contributed by atoms with Crippen molar-refractivity contribution in [3.8, 4) is 5.75 Å². The average molecular weight is 353 g/mol. The van der Waals surface area contributed by atoms with Gasteiger partial charge in [-0.15, -0.1) is 0 Å². The van der Waals surface area contributed by atoms with Crippen molar-refractivity contribution in [3.63, 3.8) is 0 Å². The zero-order valence-electron chi connectivity index (χ0n) is 14.9. The fourth-order valence-corrected chi connectivity index (χ4v) is 3.31. The summed E-state index contributed by atoms with van der Waals surface area (Å²) in [5.41, 5.74) is 0. The number of benzene rings is 1. The van der Waals surface area contributed by atoms with Crippen molar-refractivity contribution in [2.24, 2.45) is 11.8 Å². The maximum atomic E-state index is 12.1. The Morgan fingerprint density at radius 1 is 1.33 bits per heavy atom. The third kappa shape index (κ3) is 5.67. The number of para-hydroxylation sites is 1. The lowest BCUT2D eigenvalue weighted by Gasteiger charge is -2.38. The van der Waals surface area contributed by atoms with E-state index in [0.29, 0.717) is 29.3 Å². The average Bonchev–Trinajstić information content (AvgIpc) is 2.55. The monoisotopic (exact) mass is 352 g/mol. The zero-order chi connectivity index (χ0) is 17.5. The van der Waals surface area contributed by atoms with Crippen LogP contribution in [0.4, 0.5) is 0 Å². The molecule has 0 radical (unpaired) electrons. The van der Waals surface area contributed by atoms with Gasteiger partial charge in [-0.3, -0.25) is 9.69 Å². The summed E-state index contributed by atoms with van der Waals surface area (Å²) in [6.45, 7) is 9.65. The number of halogens is 1. The molecule has 0 aromatic heterocycles. The normalized spacial score (nSPS) is 17.7. The van der Waals surface area contributed by atoms with Gasteiger partial charge in [0, 0.05) is 12.6 Å². The molecule has 0 saturated carbocycles. The molecule has 4 nitrogen and oxygen atoms in total. The number of rotatable bonds is 7. The van der Waals surface area contributed by atoms with E-state index in [-0.39, 0.29) is 12.5 Å². The first-order chi connectivity index (χ1) is 11.5. The molecule has 5 heteroatoms. The highest BCUT2D eigenvalue weighted by molar-refractivity contribution is 6.32. The second kappa shape index (κ2) is 9.28. The summed E-state index contributed by atoms with van der Waals surface area (Å²) in [6, 6.07) is 7.57. The summed E-state index contributed by atoms with van der Waals surface area (Å²) in [5.74, 6) is 1.75. The van der Waals surface area contributed by atoms with Gasteiger partial charge in [-0.1, -0.05) is 44.5 Å². The number of nitrogens with one attached hydrogen (secondary N) is 1. The molecule has 1 atom stereocenters. The molecule has 1 amide bonds. The summed E-state index contributed by atoms with van der Waals surface area (Å²) in [4.78, 5) is 14.6. The Balaban J connectivity index is 1.79. The topological polar surface area (TPSA) is 41.6 Å². The molecule has 1 aliphatic heterocycles. The molecule has 1 aromatic carbocycles. The minimum atomic E-state index is -0.106. The lowest BCUT2D eigenvalue weighted by Crippen LogP contribution is -2.50. The highest BCUT2D eigenvalue weighted by Crippen LogP contribution is 2.23. The predicted molar refractivity (Wildman–Crippen MR) is 98.6 cm³/mol. The lowest BCUT2D eigenvalue weighted by molar-refractivity contribution is -0.123. The van der Waals surface area contributed by atoms with Crippen LogP contribution < -0.4 is 10.1 Å². The highest BCUT2D eigenvalue weighted by Gasteiger charge is 2.25. The van der Waals surface area contributed by atoms with E-state index in [2.05, 4.69) is 31.0 Å². The standard InChI is InChI=1S/C19H29ClN2O2/c1-14(2)17(22-10-8-15(3)9-11-22)12-21-19(23)13-24-18-7-5-4-6-16(18)20/h4-7,14-15,17H,8-13H2,1-3H3,(H,21,23). The second-order valence-corrected chi connectivity index (χ2v) is 7.46. The summed E-state index contributed by atoms with van der Waals surface area (Å²) in [6.07, 6.45) is 2.49. The van der Waals surface area contributed by atoms with Crippen molar-refractivity contribution in [2.75, 3.05) is 26.2 Å². The van der Waals surface area contributed by atoms with Crippen LogP contribution in [0.15, 0.2) is 24.3 Å². The number of carbonyl (C=O) groups excluding carboxylic acids is 1. The molecule has 0 spiro atoms. The fraction of sp³-hybridized carbons (Fsp3) is 0.632. The van der Waals surface area contributed by atoms with Gasteiger partial charge in [0.05, 0.1) is 5.02 Å². The third-order valence-corrected chi connectivity index (χ3v) is 5.07. The van der Waals surface area contributed by atoms with Crippen molar-refractivity contribution in [2.45, 2.75) is 39.7 Å². The molecule has 2 rings (SSSR count). The van der Waals surface area contributed by atoms with Gasteiger partial charge in [0.2, 0.25) is 0 Å². The first-order valence-electron chi connectivity index (χ1n) is 8.85. The van der Waals surface area contributed by atoms with Crippen molar-refractivity contribution in [1.29, 1.82) is 0 Å². The summed E-state index contributed by atoms with van der Waals surface area (Å²) < 4.78 is 5.49. The Bertz CT molecular complexity index is 528. The van der Waals surface area contributed by atoms with E-state index in [9.17, 15) is 4.79 Å². The van der Waals surface area contributed by atoms with Gasteiger partial charge in [-0.05, 0) is 49.9 Å². The van der Waals surface area contributed by atoms with E-state index in [1.54, 1.807) is 12.1 Å². The van der Waals surface area contributed by atoms with Gasteiger partial charge < -0.3 is 10.1 Å². The smallest absolute Gasteiger partial charge is 0.257 e. The van der Waals surface area contributed by atoms with Crippen molar-refractivity contribution < 1.29 is 9.53 Å². The van der Waals surface area contributed by atoms with Gasteiger partial charge in [0.25, 0.3) is 5.91 Å². The SMILES string of the molecule is CC1CCN(C(CNC(=O)COc2ccccc2Cl)C(C)C)CC1. The minimum Gasteiger partial charge on any atom is -0.482 e. The number of carbonyl (C=O) groups is 1. The number of likely N-dealkylation sites (tertiary alicyclic amines) is 1. The Hall–Kier alpha value is -1.26. The molecule has 1 aromatic rings. The second-order valence-electron chi connectivity index (χ2n) is 7.05. The highest BCUT2D eigenvalue weighted by atomic mass is 35.5. The molecule has 24 heavy (non-hydrogen) atoms. The molecular formula is C19H29ClN2O2. The minimum absolute atomic E-state index is 0.00835. The number of piperidine rings is 1. The van der Waals surface area contributed by atoms with Crippen LogP contribution in [-0.4, -0.2) is 43.1 Å². The van der Waals surface area contributed by atoms with Crippen LogP contribution >= 0.6 is 11.6 Å². The Kier molecular flexibility index (Phi) is 7.38. The molecule has 1 N–H and O–H groups in total. The molecule has 0 bridgehead atoms. The molecule has 134 valence electrons. The number of hydrogen-bond donors (Lipinski definition) is 1. The van der Waals surface area contributed by atoms with E-state index in [1.165, 1.54) is 12.8 Å². The summed E-state index contributed by atoms with van der Waals surface area (Å²) in [5, 5.41) is 3.53. The molecule has 1 aliphatic rings. The number of ether oxygens (including phenoxy) is 1. The van der Waals surface area contributed by atoms with Gasteiger partial charge in [-0.2, -0.15) is 0 Å². The maximum Gasteiger partial charge on any atom is 0.257 e. The number of hydrogen-bond acceptors (Lipinski definition) is 3. The van der Waals surface area contributed by atoms with Crippen LogP contribution in [0.1, 0.15) is 33.6 Å². The van der Waals surface area contributed by atoms with E-state index < -0.39 is 0 Å². The maximum absolute atomic E-state index is 12.1.